The zero-order valence-corrected chi connectivity index (χ0v) is 5.82. The second-order valence-electron chi connectivity index (χ2n) is 2.56. The van der Waals surface area contributed by atoms with Crippen molar-refractivity contribution in [1.29, 1.82) is 0 Å². The van der Waals surface area contributed by atoms with Crippen LogP contribution in [0.5, 0.6) is 0 Å². The van der Waals surface area contributed by atoms with E-state index in [1.165, 1.54) is 25.7 Å². The Labute approximate surface area is 56.2 Å². The van der Waals surface area contributed by atoms with Crippen molar-refractivity contribution in [3.05, 3.63) is 6.92 Å². The molecule has 0 saturated heterocycles. The van der Waals surface area contributed by atoms with Gasteiger partial charge in [-0.1, -0.05) is 12.8 Å². The van der Waals surface area contributed by atoms with Crippen molar-refractivity contribution in [3.63, 3.8) is 0 Å². The summed E-state index contributed by atoms with van der Waals surface area (Å²) in [5.41, 5.74) is 0. The zero-order valence-electron chi connectivity index (χ0n) is 5.07. The normalized spacial score (nSPS) is 39.8. The van der Waals surface area contributed by atoms with Crippen molar-refractivity contribution in [2.24, 2.45) is 5.92 Å². The third-order valence-corrected chi connectivity index (χ3v) is 2.39. The standard InChI is InChI=1S/C7H12Cl/c1-6-4-2-3-5-7(6)8/h6-7H,1-5H2. The number of alkyl halides is 1. The molecule has 0 bridgehead atoms. The van der Waals surface area contributed by atoms with Crippen LogP contribution in [0.2, 0.25) is 0 Å². The van der Waals surface area contributed by atoms with Crippen molar-refractivity contribution in [3.8, 4) is 0 Å². The second-order valence-corrected chi connectivity index (χ2v) is 3.12. The quantitative estimate of drug-likeness (QED) is 0.444. The number of hydrogen-bond acceptors (Lipinski definition) is 0. The highest BCUT2D eigenvalue weighted by molar-refractivity contribution is 6.20. The van der Waals surface area contributed by atoms with Crippen LogP contribution < -0.4 is 0 Å². The molecule has 0 spiro atoms. The molecule has 0 aromatic rings. The summed E-state index contributed by atoms with van der Waals surface area (Å²) in [6.45, 7) is 3.95. The van der Waals surface area contributed by atoms with Gasteiger partial charge < -0.3 is 0 Å². The van der Waals surface area contributed by atoms with Gasteiger partial charge in [-0.3, -0.25) is 0 Å². The fraction of sp³-hybridized carbons (Fsp3) is 0.857. The Morgan fingerprint density at radius 2 is 1.88 bits per heavy atom. The molecule has 1 rings (SSSR count). The lowest BCUT2D eigenvalue weighted by Crippen LogP contribution is -2.16. The summed E-state index contributed by atoms with van der Waals surface area (Å²) >= 11 is 5.90. The summed E-state index contributed by atoms with van der Waals surface area (Å²) in [7, 11) is 0. The number of hydrogen-bond donors (Lipinski definition) is 0. The molecular formula is C7H12Cl. The molecule has 0 aromatic carbocycles. The van der Waals surface area contributed by atoms with E-state index in [1.54, 1.807) is 0 Å². The van der Waals surface area contributed by atoms with Crippen LogP contribution in [0.3, 0.4) is 0 Å². The van der Waals surface area contributed by atoms with Crippen LogP contribution in [0.25, 0.3) is 0 Å². The van der Waals surface area contributed by atoms with Gasteiger partial charge in [0.1, 0.15) is 0 Å². The molecule has 1 radical (unpaired) electrons. The maximum Gasteiger partial charge on any atom is 0.0364 e. The fourth-order valence-corrected chi connectivity index (χ4v) is 1.44. The molecule has 2 unspecified atom stereocenters. The van der Waals surface area contributed by atoms with Crippen molar-refractivity contribution in [2.45, 2.75) is 31.1 Å². The average molecular weight is 132 g/mol. The first-order valence-electron chi connectivity index (χ1n) is 3.28. The lowest BCUT2D eigenvalue weighted by Gasteiger charge is -2.22. The first kappa shape index (κ1) is 6.41. The molecule has 1 aliphatic carbocycles. The van der Waals surface area contributed by atoms with Gasteiger partial charge in [-0.05, 0) is 25.7 Å². The van der Waals surface area contributed by atoms with Gasteiger partial charge in [0, 0.05) is 5.38 Å². The highest BCUT2D eigenvalue weighted by Gasteiger charge is 2.17. The Kier molecular flexibility index (Phi) is 2.18. The van der Waals surface area contributed by atoms with Gasteiger partial charge >= 0.3 is 0 Å². The highest BCUT2D eigenvalue weighted by atomic mass is 35.5. The third kappa shape index (κ3) is 1.38. The summed E-state index contributed by atoms with van der Waals surface area (Å²) in [5, 5.41) is 0.365. The van der Waals surface area contributed by atoms with E-state index in [1.807, 2.05) is 0 Å². The Balaban J connectivity index is 2.28. The van der Waals surface area contributed by atoms with Gasteiger partial charge in [-0.15, -0.1) is 11.6 Å². The first-order valence-corrected chi connectivity index (χ1v) is 3.71. The van der Waals surface area contributed by atoms with Crippen LogP contribution in [0, 0.1) is 12.8 Å². The molecule has 0 aromatic heterocycles. The zero-order chi connectivity index (χ0) is 5.98. The summed E-state index contributed by atoms with van der Waals surface area (Å²) in [5.74, 6) is 0.519. The van der Waals surface area contributed by atoms with E-state index in [0.717, 1.165) is 0 Å². The summed E-state index contributed by atoms with van der Waals surface area (Å²) in [4.78, 5) is 0. The van der Waals surface area contributed by atoms with E-state index in [4.69, 9.17) is 11.6 Å². The summed E-state index contributed by atoms with van der Waals surface area (Å²) in [6.07, 6.45) is 5.04. The van der Waals surface area contributed by atoms with Gasteiger partial charge in [0.05, 0.1) is 0 Å². The molecule has 0 heterocycles. The molecule has 1 saturated carbocycles. The predicted molar refractivity (Wildman–Crippen MR) is 37.0 cm³/mol. The van der Waals surface area contributed by atoms with Crippen molar-refractivity contribution in [1.82, 2.24) is 0 Å². The Morgan fingerprint density at radius 1 is 1.25 bits per heavy atom. The molecule has 1 aliphatic rings. The van der Waals surface area contributed by atoms with Crippen LogP contribution in [-0.2, 0) is 0 Å². The predicted octanol–water partition coefficient (Wildman–Crippen LogP) is 2.62. The molecular weight excluding hydrogens is 120 g/mol. The maximum atomic E-state index is 5.90. The molecule has 0 amide bonds. The number of rotatable bonds is 0. The fourth-order valence-electron chi connectivity index (χ4n) is 1.16. The lowest BCUT2D eigenvalue weighted by molar-refractivity contribution is 0.424. The minimum Gasteiger partial charge on any atom is -0.123 e. The van der Waals surface area contributed by atoms with Gasteiger partial charge in [0.15, 0.2) is 0 Å². The minimum atomic E-state index is 0.365. The van der Waals surface area contributed by atoms with E-state index in [0.29, 0.717) is 11.3 Å². The van der Waals surface area contributed by atoms with E-state index in [-0.39, 0.29) is 0 Å². The molecule has 0 nitrogen and oxygen atoms in total. The molecule has 0 aliphatic heterocycles. The van der Waals surface area contributed by atoms with Crippen LogP contribution in [-0.4, -0.2) is 5.38 Å². The average Bonchev–Trinajstić information content (AvgIpc) is 1.77. The van der Waals surface area contributed by atoms with Gasteiger partial charge in [-0.2, -0.15) is 0 Å². The minimum absolute atomic E-state index is 0.365. The summed E-state index contributed by atoms with van der Waals surface area (Å²) < 4.78 is 0. The molecule has 8 heavy (non-hydrogen) atoms. The Morgan fingerprint density at radius 3 is 2.25 bits per heavy atom. The maximum absolute atomic E-state index is 5.90. The SMILES string of the molecule is [CH2]C1CCCCC1Cl. The van der Waals surface area contributed by atoms with E-state index in [2.05, 4.69) is 6.92 Å². The van der Waals surface area contributed by atoms with E-state index < -0.39 is 0 Å². The van der Waals surface area contributed by atoms with Crippen molar-refractivity contribution < 1.29 is 0 Å². The van der Waals surface area contributed by atoms with Crippen molar-refractivity contribution >= 4 is 11.6 Å². The molecule has 47 valence electrons. The third-order valence-electron chi connectivity index (χ3n) is 1.82. The van der Waals surface area contributed by atoms with Crippen LogP contribution in [0.15, 0.2) is 0 Å². The van der Waals surface area contributed by atoms with Crippen LogP contribution in [0.4, 0.5) is 0 Å². The lowest BCUT2D eigenvalue weighted by atomic mass is 9.90. The molecule has 0 N–H and O–H groups in total. The molecule has 1 fully saturated rings. The van der Waals surface area contributed by atoms with E-state index >= 15 is 0 Å². The number of halogens is 1. The topological polar surface area (TPSA) is 0 Å². The molecule has 2 atom stereocenters. The first-order chi connectivity index (χ1) is 3.80. The monoisotopic (exact) mass is 131 g/mol. The van der Waals surface area contributed by atoms with E-state index in [9.17, 15) is 0 Å². The highest BCUT2D eigenvalue weighted by Crippen LogP contribution is 2.27. The second kappa shape index (κ2) is 2.72. The summed E-state index contributed by atoms with van der Waals surface area (Å²) in [6, 6.07) is 0. The van der Waals surface area contributed by atoms with Gasteiger partial charge in [0.25, 0.3) is 0 Å². The molecule has 1 heteroatoms. The van der Waals surface area contributed by atoms with Gasteiger partial charge in [0.2, 0.25) is 0 Å². The van der Waals surface area contributed by atoms with Crippen LogP contribution in [0.1, 0.15) is 25.7 Å². The smallest absolute Gasteiger partial charge is 0.0364 e. The Bertz CT molecular complexity index is 60.8. The Hall–Kier alpha value is 0.290. The largest absolute Gasteiger partial charge is 0.123 e. The van der Waals surface area contributed by atoms with Crippen molar-refractivity contribution in [2.75, 3.05) is 0 Å². The van der Waals surface area contributed by atoms with Crippen LogP contribution >= 0.6 is 11.6 Å². The van der Waals surface area contributed by atoms with Gasteiger partial charge in [-0.25, -0.2) is 0 Å².